The van der Waals surface area contributed by atoms with Crippen molar-refractivity contribution in [3.05, 3.63) is 188 Å². The Kier molecular flexibility index (Phi) is 11.0. The maximum absolute atomic E-state index is 7.18. The van der Waals surface area contributed by atoms with Crippen molar-refractivity contribution in [2.75, 3.05) is 4.90 Å². The first-order valence-corrected chi connectivity index (χ1v) is 22.2. The van der Waals surface area contributed by atoms with Gasteiger partial charge in [0.05, 0.1) is 0 Å². The van der Waals surface area contributed by atoms with Crippen LogP contribution in [-0.4, -0.2) is 62.8 Å². The van der Waals surface area contributed by atoms with Crippen LogP contribution >= 0.6 is 0 Å². The molecule has 0 aliphatic rings. The van der Waals surface area contributed by atoms with E-state index in [1.807, 2.05) is 146 Å². The SMILES string of the molecule is [B]c1c([B])c(N(c2ccc(-c3cccc4oc5c6ccccc6ccc5c34)cc2)c2c([B])c([B])c(-c3cccc(-c4ccccc4)c3)c([B])c2[B])c([B])c([B])c1-c1ccc(-c2ccccc2)cc1. The van der Waals surface area contributed by atoms with Crippen LogP contribution in [0.3, 0.4) is 0 Å². The van der Waals surface area contributed by atoms with Crippen molar-refractivity contribution in [1.82, 2.24) is 0 Å². The lowest BCUT2D eigenvalue weighted by Crippen LogP contribution is -2.50. The van der Waals surface area contributed by atoms with E-state index in [0.29, 0.717) is 16.8 Å². The van der Waals surface area contributed by atoms with Crippen LogP contribution in [0.5, 0.6) is 0 Å². The molecule has 1 heterocycles. The molecular formula is C58H31B8NO. The van der Waals surface area contributed by atoms with Gasteiger partial charge in [0.1, 0.15) is 73.9 Å². The number of furan rings is 1. The molecule has 0 fully saturated rings. The molecule has 0 unspecified atom stereocenters. The van der Waals surface area contributed by atoms with E-state index in [1.165, 1.54) is 0 Å². The van der Waals surface area contributed by atoms with E-state index in [2.05, 4.69) is 42.5 Å². The van der Waals surface area contributed by atoms with Crippen molar-refractivity contribution in [2.45, 2.75) is 0 Å². The van der Waals surface area contributed by atoms with E-state index < -0.39 is 0 Å². The monoisotopic (exact) mass is 845 g/mol. The molecule has 0 amide bonds. The average Bonchev–Trinajstić information content (AvgIpc) is 3.78. The number of benzene rings is 10. The fourth-order valence-electron chi connectivity index (χ4n) is 9.63. The van der Waals surface area contributed by atoms with Crippen molar-refractivity contribution in [3.8, 4) is 55.6 Å². The Balaban J connectivity index is 1.09. The lowest BCUT2D eigenvalue weighted by molar-refractivity contribution is 0.673. The molecule has 10 aromatic carbocycles. The van der Waals surface area contributed by atoms with Gasteiger partial charge >= 0.3 is 0 Å². The Morgan fingerprint density at radius 1 is 0.324 bits per heavy atom. The van der Waals surface area contributed by atoms with E-state index in [9.17, 15) is 0 Å². The number of hydrogen-bond acceptors (Lipinski definition) is 2. The first-order valence-electron chi connectivity index (χ1n) is 22.2. The van der Waals surface area contributed by atoms with Gasteiger partial charge in [-0.2, -0.15) is 0 Å². The molecule has 0 spiro atoms. The highest BCUT2D eigenvalue weighted by molar-refractivity contribution is 6.65. The molecule has 2 nitrogen and oxygen atoms in total. The van der Waals surface area contributed by atoms with Crippen LogP contribution < -0.4 is 48.6 Å². The summed E-state index contributed by atoms with van der Waals surface area (Å²) in [5.74, 6) is 0. The van der Waals surface area contributed by atoms with Crippen LogP contribution in [-0.2, 0) is 0 Å². The summed E-state index contributed by atoms with van der Waals surface area (Å²) in [5, 5.41) is 4.17. The summed E-state index contributed by atoms with van der Waals surface area (Å²) in [5.41, 5.74) is 12.7. The predicted octanol–water partition coefficient (Wildman–Crippen LogP) is 6.89. The van der Waals surface area contributed by atoms with Crippen LogP contribution in [0.15, 0.2) is 192 Å². The minimum atomic E-state index is 0.152. The Labute approximate surface area is 407 Å². The minimum Gasteiger partial charge on any atom is -0.455 e. The second kappa shape index (κ2) is 17.3. The van der Waals surface area contributed by atoms with Gasteiger partial charge in [-0.15, -0.1) is 0 Å². The molecule has 0 aliphatic carbocycles. The third-order valence-electron chi connectivity index (χ3n) is 13.1. The molecule has 0 saturated carbocycles. The fraction of sp³-hybridized carbons (Fsp3) is 0. The molecule has 10 heteroatoms. The van der Waals surface area contributed by atoms with Crippen LogP contribution in [0.1, 0.15) is 0 Å². The normalized spacial score (nSPS) is 11.4. The number of fused-ring (bicyclic) bond motifs is 5. The first kappa shape index (κ1) is 43.2. The van der Waals surface area contributed by atoms with Gasteiger partial charge in [0.15, 0.2) is 0 Å². The molecule has 0 N–H and O–H groups in total. The molecule has 11 rings (SSSR count). The molecule has 11 aromatic rings. The third-order valence-corrected chi connectivity index (χ3v) is 13.1. The van der Waals surface area contributed by atoms with Crippen LogP contribution in [0.25, 0.3) is 88.3 Å². The number of anilines is 3. The molecule has 1 aromatic heterocycles. The highest BCUT2D eigenvalue weighted by Crippen LogP contribution is 2.41. The van der Waals surface area contributed by atoms with Crippen molar-refractivity contribution >= 4 is 156 Å². The van der Waals surface area contributed by atoms with E-state index in [1.54, 1.807) is 4.90 Å². The molecule has 298 valence electrons. The summed E-state index contributed by atoms with van der Waals surface area (Å²) in [7, 11) is 56.9. The van der Waals surface area contributed by atoms with Crippen LogP contribution in [0.2, 0.25) is 0 Å². The summed E-state index contributed by atoms with van der Waals surface area (Å²) in [6.45, 7) is 0. The molecule has 0 saturated heterocycles. The summed E-state index contributed by atoms with van der Waals surface area (Å²) >= 11 is 0. The molecule has 68 heavy (non-hydrogen) atoms. The highest BCUT2D eigenvalue weighted by Gasteiger charge is 2.27. The number of hydrogen-bond donors (Lipinski definition) is 0. The average molecular weight is 844 g/mol. The van der Waals surface area contributed by atoms with Crippen molar-refractivity contribution in [2.24, 2.45) is 0 Å². The summed E-state index contributed by atoms with van der Waals surface area (Å²) in [6, 6.07) is 62.4. The van der Waals surface area contributed by atoms with Gasteiger partial charge in [-0.05, 0) is 91.4 Å². The highest BCUT2D eigenvalue weighted by atomic mass is 16.3. The molecular weight excluding hydrogens is 813 g/mol. The zero-order chi connectivity index (χ0) is 46.8. The second-order valence-corrected chi connectivity index (χ2v) is 17.0. The van der Waals surface area contributed by atoms with E-state index in [-0.39, 0.29) is 55.1 Å². The summed E-state index contributed by atoms with van der Waals surface area (Å²) in [6.07, 6.45) is 0. The zero-order valence-corrected chi connectivity index (χ0v) is 36.9. The number of nitrogens with zero attached hydrogens (tertiary/aromatic N) is 1. The Hall–Kier alpha value is -7.42. The van der Waals surface area contributed by atoms with E-state index in [4.69, 9.17) is 67.2 Å². The first-order chi connectivity index (χ1) is 33.1. The molecule has 16 radical (unpaired) electrons. The van der Waals surface area contributed by atoms with Crippen molar-refractivity contribution in [3.63, 3.8) is 0 Å². The topological polar surface area (TPSA) is 16.4 Å². The fourth-order valence-corrected chi connectivity index (χ4v) is 9.63. The Morgan fingerprint density at radius 3 is 1.41 bits per heavy atom. The predicted molar refractivity (Wildman–Crippen MR) is 296 cm³/mol. The van der Waals surface area contributed by atoms with Crippen molar-refractivity contribution in [1.29, 1.82) is 0 Å². The largest absolute Gasteiger partial charge is 0.455 e. The summed E-state index contributed by atoms with van der Waals surface area (Å²) < 4.78 is 6.53. The van der Waals surface area contributed by atoms with Gasteiger partial charge in [0, 0.05) is 33.2 Å². The van der Waals surface area contributed by atoms with Gasteiger partial charge in [0.2, 0.25) is 0 Å². The van der Waals surface area contributed by atoms with Gasteiger partial charge in [-0.25, -0.2) is 0 Å². The second-order valence-electron chi connectivity index (χ2n) is 17.0. The lowest BCUT2D eigenvalue weighted by atomic mass is 9.63. The van der Waals surface area contributed by atoms with Gasteiger partial charge < -0.3 is 9.32 Å². The lowest BCUT2D eigenvalue weighted by Gasteiger charge is -2.37. The molecule has 0 aliphatic heterocycles. The van der Waals surface area contributed by atoms with Gasteiger partial charge in [-0.3, -0.25) is 0 Å². The Bertz CT molecular complexity index is 3700. The van der Waals surface area contributed by atoms with Crippen LogP contribution in [0, 0.1) is 0 Å². The minimum absolute atomic E-state index is 0.152. The smallest absolute Gasteiger partial charge is 0.143 e. The van der Waals surface area contributed by atoms with E-state index >= 15 is 0 Å². The quantitative estimate of drug-likeness (QED) is 0.155. The third kappa shape index (κ3) is 7.17. The maximum atomic E-state index is 7.18. The molecule has 0 bridgehead atoms. The van der Waals surface area contributed by atoms with Crippen molar-refractivity contribution < 1.29 is 4.42 Å². The standard InChI is InChI=1S/C58H31B8NO/c59-48-45(37-23-21-34(22-24-37)32-11-3-1-4-12-32)49(60)53(64)56(52(48)63)67(57-54(65)50(61)46(51(62)55(57)66)39-17-9-16-38(31-39)33-13-5-2-6-14-33)40-28-25-36(26-29-40)41-19-10-20-44-47(41)43-30-27-35-15-7-8-18-42(35)58(43)68-44/h1-31H. The van der Waals surface area contributed by atoms with E-state index in [0.717, 1.165) is 77.2 Å². The van der Waals surface area contributed by atoms with Crippen LogP contribution in [0.4, 0.5) is 17.1 Å². The molecule has 0 atom stereocenters. The zero-order valence-electron chi connectivity index (χ0n) is 36.9. The Morgan fingerprint density at radius 2 is 0.794 bits per heavy atom. The summed E-state index contributed by atoms with van der Waals surface area (Å²) in [4.78, 5) is 1.75. The van der Waals surface area contributed by atoms with Gasteiger partial charge in [-0.1, -0.05) is 201 Å². The maximum Gasteiger partial charge on any atom is 0.143 e. The van der Waals surface area contributed by atoms with Gasteiger partial charge in [0.25, 0.3) is 0 Å². The number of rotatable bonds is 8.